The van der Waals surface area contributed by atoms with Crippen LogP contribution in [0.5, 0.6) is 0 Å². The Morgan fingerprint density at radius 2 is 1.95 bits per heavy atom. The second kappa shape index (κ2) is 9.50. The summed E-state index contributed by atoms with van der Waals surface area (Å²) in [6, 6.07) is 6.41. The summed E-state index contributed by atoms with van der Waals surface area (Å²) in [5.74, 6) is -2.01. The number of anilines is 1. The van der Waals surface area contributed by atoms with Crippen molar-refractivity contribution in [3.05, 3.63) is 58.3 Å². The van der Waals surface area contributed by atoms with E-state index in [9.17, 15) is 32.0 Å². The molecule has 0 radical (unpaired) electrons. The number of rotatable bonds is 3. The topological polar surface area (TPSA) is 90.9 Å². The third-order valence-electron chi connectivity index (χ3n) is 6.77. The van der Waals surface area contributed by atoms with Crippen molar-refractivity contribution in [2.24, 2.45) is 5.92 Å². The Kier molecular flexibility index (Phi) is 6.46. The number of carbonyl (C=O) groups excluding carboxylic acids is 1. The number of carbonyl (C=O) groups is 1. The summed E-state index contributed by atoms with van der Waals surface area (Å²) < 4.78 is 67.9. The van der Waals surface area contributed by atoms with E-state index in [1.807, 2.05) is 6.07 Å². The molecular formula is C24H19ClF5N7O. The summed E-state index contributed by atoms with van der Waals surface area (Å²) in [4.78, 5) is 20.4. The summed E-state index contributed by atoms with van der Waals surface area (Å²) in [6.07, 6.45) is -7.37. The monoisotopic (exact) mass is 551 g/mol. The maximum absolute atomic E-state index is 13.8. The zero-order chi connectivity index (χ0) is 27.4. The number of nitriles is 1. The third kappa shape index (κ3) is 4.42. The van der Waals surface area contributed by atoms with E-state index in [1.54, 1.807) is 11.0 Å². The summed E-state index contributed by atoms with van der Waals surface area (Å²) in [6.45, 7) is 4.19. The van der Waals surface area contributed by atoms with E-state index in [0.29, 0.717) is 16.0 Å². The quantitative estimate of drug-likeness (QED) is 0.345. The molecular weight excluding hydrogens is 533 g/mol. The molecule has 0 saturated carbocycles. The Balaban J connectivity index is 1.40. The van der Waals surface area contributed by atoms with Gasteiger partial charge in [0.2, 0.25) is 11.7 Å². The van der Waals surface area contributed by atoms with Crippen LogP contribution >= 0.6 is 11.6 Å². The maximum atomic E-state index is 13.8. The van der Waals surface area contributed by atoms with E-state index >= 15 is 0 Å². The predicted molar refractivity (Wildman–Crippen MR) is 126 cm³/mol. The maximum Gasteiger partial charge on any atom is 0.451 e. The molecule has 0 spiro atoms. The predicted octanol–water partition coefficient (Wildman–Crippen LogP) is 4.73. The van der Waals surface area contributed by atoms with Gasteiger partial charge in [-0.25, -0.2) is 13.8 Å². The Morgan fingerprint density at radius 1 is 1.18 bits per heavy atom. The summed E-state index contributed by atoms with van der Waals surface area (Å²) in [7, 11) is 0. The van der Waals surface area contributed by atoms with Gasteiger partial charge < -0.3 is 14.4 Å². The van der Waals surface area contributed by atoms with Crippen molar-refractivity contribution < 1.29 is 26.7 Å². The summed E-state index contributed by atoms with van der Waals surface area (Å²) in [5.41, 5.74) is 0.0602. The molecule has 0 aliphatic carbocycles. The van der Waals surface area contributed by atoms with E-state index in [1.165, 1.54) is 17.0 Å². The molecule has 1 saturated heterocycles. The molecule has 0 unspecified atom stereocenters. The van der Waals surface area contributed by atoms with E-state index in [2.05, 4.69) is 21.8 Å². The number of aromatic nitrogens is 4. The van der Waals surface area contributed by atoms with Crippen LogP contribution < -0.4 is 4.90 Å². The lowest BCUT2D eigenvalue weighted by molar-refractivity contribution is -0.148. The average molecular weight is 552 g/mol. The molecule has 1 fully saturated rings. The lowest BCUT2D eigenvalue weighted by Gasteiger charge is -2.38. The molecule has 0 N–H and O–H groups in total. The van der Waals surface area contributed by atoms with Crippen LogP contribution in [0.3, 0.4) is 0 Å². The number of benzene rings is 1. The molecule has 5 rings (SSSR count). The minimum Gasteiger partial charge on any atom is -0.366 e. The van der Waals surface area contributed by atoms with Crippen LogP contribution in [-0.4, -0.2) is 50.2 Å². The molecule has 38 heavy (non-hydrogen) atoms. The Hall–Kier alpha value is -3.79. The van der Waals surface area contributed by atoms with Gasteiger partial charge in [-0.3, -0.25) is 4.79 Å². The number of hydrogen-bond acceptors (Lipinski definition) is 6. The van der Waals surface area contributed by atoms with E-state index < -0.39 is 30.0 Å². The van der Waals surface area contributed by atoms with Crippen LogP contribution in [0.2, 0.25) is 5.02 Å². The molecule has 2 aliphatic heterocycles. The summed E-state index contributed by atoms with van der Waals surface area (Å²) in [5, 5.41) is 17.4. The van der Waals surface area contributed by atoms with Crippen LogP contribution in [-0.2, 0) is 24.1 Å². The first-order valence-electron chi connectivity index (χ1n) is 11.5. The standard InChI is InChI=1S/C24H19ClF5N7O/c1-12-10-35(20-15-8-13(25)2-3-17(15)32-19(21(26)27)16(20)9-31)5-4-14(12)22(38)36-6-7-37-18(11-36)33-34-23(37)24(28,29)30/h2-3,8,14,21H,1,4-7,10-11H2/t14-/m0/s1. The zero-order valence-electron chi connectivity index (χ0n) is 19.6. The number of pyridine rings is 1. The van der Waals surface area contributed by atoms with Crippen LogP contribution in [0.4, 0.5) is 27.6 Å². The number of nitrogens with zero attached hydrogens (tertiary/aromatic N) is 7. The number of piperidine rings is 1. The van der Waals surface area contributed by atoms with Gasteiger partial charge >= 0.3 is 6.18 Å². The van der Waals surface area contributed by atoms with Gasteiger partial charge in [-0.1, -0.05) is 18.2 Å². The normalized spacial score (nSPS) is 18.2. The zero-order valence-corrected chi connectivity index (χ0v) is 20.4. The third-order valence-corrected chi connectivity index (χ3v) is 7.01. The molecule has 4 heterocycles. The van der Waals surface area contributed by atoms with Crippen LogP contribution in [0.1, 0.15) is 35.8 Å². The van der Waals surface area contributed by atoms with E-state index in [0.717, 1.165) is 4.57 Å². The van der Waals surface area contributed by atoms with Crippen molar-refractivity contribution in [3.63, 3.8) is 0 Å². The van der Waals surface area contributed by atoms with E-state index in [4.69, 9.17) is 11.6 Å². The fraction of sp³-hybridized carbons (Fsp3) is 0.375. The number of fused-ring (bicyclic) bond motifs is 2. The second-order valence-electron chi connectivity index (χ2n) is 9.06. The molecule has 1 amide bonds. The van der Waals surface area contributed by atoms with Gasteiger partial charge in [0.1, 0.15) is 17.3 Å². The highest BCUT2D eigenvalue weighted by molar-refractivity contribution is 6.31. The average Bonchev–Trinajstić information content (AvgIpc) is 3.31. The van der Waals surface area contributed by atoms with Crippen LogP contribution in [0.15, 0.2) is 30.4 Å². The molecule has 1 aromatic carbocycles. The molecule has 1 atom stereocenters. The fourth-order valence-corrected chi connectivity index (χ4v) is 5.19. The minimum atomic E-state index is -4.65. The minimum absolute atomic E-state index is 0.0401. The number of alkyl halides is 5. The number of hydrogen-bond donors (Lipinski definition) is 0. The first-order chi connectivity index (χ1) is 18.0. The largest absolute Gasteiger partial charge is 0.451 e. The molecule has 2 aliphatic rings. The summed E-state index contributed by atoms with van der Waals surface area (Å²) >= 11 is 6.15. The first-order valence-corrected chi connectivity index (χ1v) is 11.9. The van der Waals surface area contributed by atoms with E-state index in [-0.39, 0.29) is 67.6 Å². The lowest BCUT2D eigenvalue weighted by Crippen LogP contribution is -2.46. The van der Waals surface area contributed by atoms with Gasteiger partial charge in [0.05, 0.1) is 23.7 Å². The lowest BCUT2D eigenvalue weighted by atomic mass is 9.89. The highest BCUT2D eigenvalue weighted by atomic mass is 35.5. The SMILES string of the molecule is C=C1CN(c2c(C#N)c(C(F)F)nc3ccc(Cl)cc23)CC[C@@H]1C(=O)N1CCn2c(nnc2C(F)(F)F)C1. The molecule has 14 heteroatoms. The molecule has 198 valence electrons. The molecule has 8 nitrogen and oxygen atoms in total. The van der Waals surface area contributed by atoms with Gasteiger partial charge in [0.15, 0.2) is 5.82 Å². The fourth-order valence-electron chi connectivity index (χ4n) is 5.02. The van der Waals surface area contributed by atoms with Crippen molar-refractivity contribution in [1.82, 2.24) is 24.6 Å². The smallest absolute Gasteiger partial charge is 0.366 e. The Morgan fingerprint density at radius 3 is 2.61 bits per heavy atom. The first kappa shape index (κ1) is 25.8. The second-order valence-corrected chi connectivity index (χ2v) is 9.50. The van der Waals surface area contributed by atoms with Crippen molar-refractivity contribution >= 4 is 34.1 Å². The highest BCUT2D eigenvalue weighted by Gasteiger charge is 2.41. The van der Waals surface area contributed by atoms with Crippen LogP contribution in [0.25, 0.3) is 10.9 Å². The number of halogens is 6. The van der Waals surface area contributed by atoms with Crippen molar-refractivity contribution in [2.75, 3.05) is 24.5 Å². The van der Waals surface area contributed by atoms with Crippen LogP contribution in [0, 0.1) is 17.2 Å². The van der Waals surface area contributed by atoms with Gasteiger partial charge in [0, 0.05) is 36.6 Å². The van der Waals surface area contributed by atoms with Crippen molar-refractivity contribution in [1.29, 1.82) is 5.26 Å². The van der Waals surface area contributed by atoms with Gasteiger partial charge in [-0.2, -0.15) is 18.4 Å². The van der Waals surface area contributed by atoms with Crippen molar-refractivity contribution in [3.8, 4) is 6.07 Å². The van der Waals surface area contributed by atoms with Gasteiger partial charge in [0.25, 0.3) is 6.43 Å². The Labute approximate surface area is 217 Å². The van der Waals surface area contributed by atoms with Gasteiger partial charge in [-0.15, -0.1) is 10.2 Å². The Bertz CT molecular complexity index is 1500. The highest BCUT2D eigenvalue weighted by Crippen LogP contribution is 2.39. The van der Waals surface area contributed by atoms with Crippen molar-refractivity contribution in [2.45, 2.75) is 32.1 Å². The molecule has 3 aromatic rings. The van der Waals surface area contributed by atoms with Gasteiger partial charge in [-0.05, 0) is 30.2 Å². The number of amides is 1. The molecule has 0 bridgehead atoms. The molecule has 2 aromatic heterocycles.